The number of hydrogen-bond donors (Lipinski definition) is 0. The normalized spacial score (nSPS) is 10.4. The van der Waals surface area contributed by atoms with Gasteiger partial charge >= 0.3 is 0 Å². The first kappa shape index (κ1) is 13.2. The van der Waals surface area contributed by atoms with Gasteiger partial charge in [-0.25, -0.2) is 4.68 Å². The number of aromatic nitrogens is 2. The minimum Gasteiger partial charge on any atom is -0.497 e. The highest BCUT2D eigenvalue weighted by Crippen LogP contribution is 2.24. The molecule has 0 amide bonds. The van der Waals surface area contributed by atoms with Gasteiger partial charge in [-0.1, -0.05) is 18.2 Å². The zero-order valence-corrected chi connectivity index (χ0v) is 12.1. The second-order valence-corrected chi connectivity index (χ2v) is 4.71. The van der Waals surface area contributed by atoms with Crippen molar-refractivity contribution in [3.8, 4) is 11.4 Å². The van der Waals surface area contributed by atoms with Crippen LogP contribution in [0.1, 0.15) is 0 Å². The number of nitrogens with zero attached hydrogens (tertiary/aromatic N) is 3. The Morgan fingerprint density at radius 3 is 2.33 bits per heavy atom. The molecule has 4 nitrogen and oxygen atoms in total. The minimum atomic E-state index is 0.849. The molecule has 0 bridgehead atoms. The van der Waals surface area contributed by atoms with Gasteiger partial charge in [-0.3, -0.25) is 0 Å². The highest BCUT2D eigenvalue weighted by atomic mass is 16.5. The van der Waals surface area contributed by atoms with Gasteiger partial charge in [-0.2, -0.15) is 0 Å². The molecule has 0 unspecified atom stereocenters. The van der Waals surface area contributed by atoms with Crippen LogP contribution in [0.2, 0.25) is 0 Å². The van der Waals surface area contributed by atoms with Crippen LogP contribution in [-0.2, 0) is 0 Å². The van der Waals surface area contributed by atoms with Gasteiger partial charge in [0.05, 0.1) is 12.8 Å². The Hall–Kier alpha value is -2.75. The van der Waals surface area contributed by atoms with Crippen LogP contribution < -0.4 is 9.64 Å². The van der Waals surface area contributed by atoms with Crippen molar-refractivity contribution in [3.05, 3.63) is 66.9 Å². The van der Waals surface area contributed by atoms with Gasteiger partial charge in [0.2, 0.25) is 0 Å². The molecular weight excluding hydrogens is 262 g/mol. The summed E-state index contributed by atoms with van der Waals surface area (Å²) in [6, 6.07) is 20.0. The van der Waals surface area contributed by atoms with Crippen molar-refractivity contribution >= 4 is 11.5 Å². The van der Waals surface area contributed by atoms with E-state index in [4.69, 9.17) is 4.74 Å². The summed E-state index contributed by atoms with van der Waals surface area (Å²) in [6.45, 7) is 0. The van der Waals surface area contributed by atoms with Gasteiger partial charge in [0.25, 0.3) is 0 Å². The lowest BCUT2D eigenvalue weighted by Gasteiger charge is -2.16. The molecule has 0 aliphatic carbocycles. The standard InChI is InChI=1S/C17H17N3O/c1-19(14-8-10-16(21-2)11-9-14)17-12-13-20(18-17)15-6-4-3-5-7-15/h3-13H,1-2H3. The van der Waals surface area contributed by atoms with Gasteiger partial charge in [0.15, 0.2) is 5.82 Å². The summed E-state index contributed by atoms with van der Waals surface area (Å²) in [4.78, 5) is 2.04. The highest BCUT2D eigenvalue weighted by molar-refractivity contribution is 5.59. The second-order valence-electron chi connectivity index (χ2n) is 4.71. The fourth-order valence-corrected chi connectivity index (χ4v) is 2.16. The topological polar surface area (TPSA) is 30.3 Å². The summed E-state index contributed by atoms with van der Waals surface area (Å²) in [5.41, 5.74) is 2.11. The third-order valence-corrected chi connectivity index (χ3v) is 3.40. The minimum absolute atomic E-state index is 0.849. The van der Waals surface area contributed by atoms with Crippen molar-refractivity contribution in [1.82, 2.24) is 9.78 Å². The molecule has 2 aromatic carbocycles. The van der Waals surface area contributed by atoms with Crippen molar-refractivity contribution in [1.29, 1.82) is 0 Å². The average Bonchev–Trinajstić information content (AvgIpc) is 3.05. The monoisotopic (exact) mass is 279 g/mol. The maximum absolute atomic E-state index is 5.18. The molecule has 3 rings (SSSR count). The first-order valence-electron chi connectivity index (χ1n) is 6.77. The zero-order chi connectivity index (χ0) is 14.7. The Morgan fingerprint density at radius 1 is 0.952 bits per heavy atom. The van der Waals surface area contributed by atoms with E-state index in [0.29, 0.717) is 0 Å². The van der Waals surface area contributed by atoms with Crippen LogP contribution in [0, 0.1) is 0 Å². The van der Waals surface area contributed by atoms with E-state index >= 15 is 0 Å². The fraction of sp³-hybridized carbons (Fsp3) is 0.118. The SMILES string of the molecule is COc1ccc(N(C)c2ccn(-c3ccccc3)n2)cc1. The highest BCUT2D eigenvalue weighted by Gasteiger charge is 2.08. The van der Waals surface area contributed by atoms with Crippen molar-refractivity contribution in [2.75, 3.05) is 19.1 Å². The summed E-state index contributed by atoms with van der Waals surface area (Å²) < 4.78 is 7.05. The molecule has 1 aromatic heterocycles. The molecule has 0 radical (unpaired) electrons. The number of benzene rings is 2. The quantitative estimate of drug-likeness (QED) is 0.730. The summed E-state index contributed by atoms with van der Waals surface area (Å²) in [5.74, 6) is 1.74. The Balaban J connectivity index is 1.85. The molecule has 1 heterocycles. The molecule has 21 heavy (non-hydrogen) atoms. The molecule has 0 fully saturated rings. The van der Waals surface area contributed by atoms with Crippen LogP contribution >= 0.6 is 0 Å². The first-order chi connectivity index (χ1) is 10.3. The summed E-state index contributed by atoms with van der Waals surface area (Å²) in [5, 5.41) is 4.61. The predicted molar refractivity (Wildman–Crippen MR) is 84.6 cm³/mol. The van der Waals surface area contributed by atoms with Crippen LogP contribution in [0.3, 0.4) is 0 Å². The number of methoxy groups -OCH3 is 1. The number of anilines is 2. The lowest BCUT2D eigenvalue weighted by atomic mass is 10.3. The van der Waals surface area contributed by atoms with E-state index in [-0.39, 0.29) is 0 Å². The van der Waals surface area contributed by atoms with Crippen LogP contribution in [0.25, 0.3) is 5.69 Å². The maximum atomic E-state index is 5.18. The van der Waals surface area contributed by atoms with Crippen LogP contribution in [0.15, 0.2) is 66.9 Å². The molecule has 0 spiro atoms. The van der Waals surface area contributed by atoms with Gasteiger partial charge in [0, 0.05) is 25.0 Å². The largest absolute Gasteiger partial charge is 0.497 e. The van der Waals surface area contributed by atoms with E-state index in [0.717, 1.165) is 22.9 Å². The van der Waals surface area contributed by atoms with Gasteiger partial charge in [-0.15, -0.1) is 5.10 Å². The molecule has 106 valence electrons. The van der Waals surface area contributed by atoms with E-state index in [1.807, 2.05) is 83.5 Å². The van der Waals surface area contributed by atoms with E-state index < -0.39 is 0 Å². The molecule has 0 saturated carbocycles. The molecule has 3 aromatic rings. The number of ether oxygens (including phenoxy) is 1. The number of para-hydroxylation sites is 1. The van der Waals surface area contributed by atoms with Gasteiger partial charge in [0.1, 0.15) is 5.75 Å². The fourth-order valence-electron chi connectivity index (χ4n) is 2.16. The zero-order valence-electron chi connectivity index (χ0n) is 12.1. The third kappa shape index (κ3) is 2.74. The summed E-state index contributed by atoms with van der Waals surface area (Å²) in [6.07, 6.45) is 1.96. The maximum Gasteiger partial charge on any atom is 0.155 e. The Kier molecular flexibility index (Phi) is 3.60. The first-order valence-corrected chi connectivity index (χ1v) is 6.77. The molecule has 0 aliphatic heterocycles. The third-order valence-electron chi connectivity index (χ3n) is 3.40. The van der Waals surface area contributed by atoms with Crippen molar-refractivity contribution in [3.63, 3.8) is 0 Å². The average molecular weight is 279 g/mol. The second kappa shape index (κ2) is 5.71. The summed E-state index contributed by atoms with van der Waals surface area (Å²) >= 11 is 0. The van der Waals surface area contributed by atoms with Crippen LogP contribution in [0.4, 0.5) is 11.5 Å². The summed E-state index contributed by atoms with van der Waals surface area (Å²) in [7, 11) is 3.67. The number of rotatable bonds is 4. The molecule has 0 saturated heterocycles. The van der Waals surface area contributed by atoms with Crippen molar-refractivity contribution < 1.29 is 4.74 Å². The predicted octanol–water partition coefficient (Wildman–Crippen LogP) is 3.65. The lowest BCUT2D eigenvalue weighted by Crippen LogP contribution is -2.10. The van der Waals surface area contributed by atoms with E-state index in [2.05, 4.69) is 5.10 Å². The van der Waals surface area contributed by atoms with Crippen LogP contribution in [-0.4, -0.2) is 23.9 Å². The van der Waals surface area contributed by atoms with E-state index in [9.17, 15) is 0 Å². The van der Waals surface area contributed by atoms with Crippen molar-refractivity contribution in [2.24, 2.45) is 0 Å². The number of hydrogen-bond acceptors (Lipinski definition) is 3. The van der Waals surface area contributed by atoms with Gasteiger partial charge in [-0.05, 0) is 36.4 Å². The molecule has 0 atom stereocenters. The Morgan fingerprint density at radius 2 is 1.67 bits per heavy atom. The van der Waals surface area contributed by atoms with E-state index in [1.54, 1.807) is 7.11 Å². The lowest BCUT2D eigenvalue weighted by molar-refractivity contribution is 0.415. The molecule has 4 heteroatoms. The van der Waals surface area contributed by atoms with Crippen molar-refractivity contribution in [2.45, 2.75) is 0 Å². The Bertz CT molecular complexity index is 704. The Labute approximate surface area is 124 Å². The van der Waals surface area contributed by atoms with Gasteiger partial charge < -0.3 is 9.64 Å². The van der Waals surface area contributed by atoms with E-state index in [1.165, 1.54) is 0 Å². The molecular formula is C17H17N3O. The molecule has 0 aliphatic rings. The smallest absolute Gasteiger partial charge is 0.155 e. The molecule has 0 N–H and O–H groups in total. The van der Waals surface area contributed by atoms with Crippen LogP contribution in [0.5, 0.6) is 5.75 Å².